The maximum absolute atomic E-state index is 10.8. The van der Waals surface area contributed by atoms with Crippen LogP contribution in [-0.4, -0.2) is 12.2 Å². The molecule has 0 spiro atoms. The van der Waals surface area contributed by atoms with Crippen molar-refractivity contribution in [3.05, 3.63) is 60.2 Å². The summed E-state index contributed by atoms with van der Waals surface area (Å²) in [4.78, 5) is 20.9. The van der Waals surface area contributed by atoms with Crippen LogP contribution in [0.4, 0.5) is 0 Å². The third kappa shape index (κ3) is 3.04. The first-order chi connectivity index (χ1) is 8.79. The van der Waals surface area contributed by atoms with Crippen molar-refractivity contribution in [2.24, 2.45) is 0 Å². The molecule has 3 heteroatoms. The van der Waals surface area contributed by atoms with Gasteiger partial charge in [0.25, 0.3) is 5.91 Å². The summed E-state index contributed by atoms with van der Waals surface area (Å²) in [5.74, 6) is -0.595. The largest absolute Gasteiger partial charge is 0.346 e. The molecule has 2 aromatic rings. The maximum atomic E-state index is 10.8. The molecule has 90 valence electrons. The summed E-state index contributed by atoms with van der Waals surface area (Å²) < 4.78 is 0. The summed E-state index contributed by atoms with van der Waals surface area (Å²) in [5.41, 5.74) is 3.24. The summed E-state index contributed by atoms with van der Waals surface area (Å²) in [6.07, 6.45) is 0.276. The molecule has 0 radical (unpaired) electrons. The van der Waals surface area contributed by atoms with Crippen molar-refractivity contribution in [1.29, 1.82) is 0 Å². The molecular formula is C15H13NO2. The van der Waals surface area contributed by atoms with Crippen LogP contribution in [0.1, 0.15) is 5.56 Å². The second-order valence-electron chi connectivity index (χ2n) is 3.90. The highest BCUT2D eigenvalue weighted by molar-refractivity contribution is 6.23. The zero-order valence-corrected chi connectivity index (χ0v) is 9.80. The molecule has 0 aromatic heterocycles. The quantitative estimate of drug-likeness (QED) is 0.656. The van der Waals surface area contributed by atoms with Gasteiger partial charge in [-0.1, -0.05) is 54.6 Å². The average molecular weight is 239 g/mol. The number of benzene rings is 2. The van der Waals surface area contributed by atoms with Crippen LogP contribution in [0, 0.1) is 0 Å². The zero-order chi connectivity index (χ0) is 12.8. The van der Waals surface area contributed by atoms with E-state index in [4.69, 9.17) is 0 Å². The predicted octanol–water partition coefficient (Wildman–Crippen LogP) is 2.17. The summed E-state index contributed by atoms with van der Waals surface area (Å²) in [5, 5.41) is 2.50. The fourth-order valence-electron chi connectivity index (χ4n) is 1.68. The van der Waals surface area contributed by atoms with E-state index in [0.717, 1.165) is 16.7 Å². The number of carbonyl (C=O) groups excluding carboxylic acids is 2. The number of aldehydes is 1. The lowest BCUT2D eigenvalue weighted by atomic mass is 10.0. The van der Waals surface area contributed by atoms with Gasteiger partial charge in [0.2, 0.25) is 6.29 Å². The number of hydrogen-bond donors (Lipinski definition) is 1. The first kappa shape index (κ1) is 12.0. The lowest BCUT2D eigenvalue weighted by Crippen LogP contribution is -2.23. The smallest absolute Gasteiger partial charge is 0.284 e. The van der Waals surface area contributed by atoms with Crippen molar-refractivity contribution >= 4 is 12.2 Å². The highest BCUT2D eigenvalue weighted by atomic mass is 16.2. The van der Waals surface area contributed by atoms with E-state index in [9.17, 15) is 9.59 Å². The van der Waals surface area contributed by atoms with Gasteiger partial charge in [-0.15, -0.1) is 0 Å². The molecule has 0 fully saturated rings. The van der Waals surface area contributed by atoms with Gasteiger partial charge in [0.15, 0.2) is 0 Å². The molecule has 0 aliphatic rings. The molecule has 0 atom stereocenters. The lowest BCUT2D eigenvalue weighted by Gasteiger charge is -2.04. The highest BCUT2D eigenvalue weighted by Gasteiger charge is 1.99. The van der Waals surface area contributed by atoms with Gasteiger partial charge in [-0.25, -0.2) is 0 Å². The third-order valence-electron chi connectivity index (χ3n) is 2.63. The van der Waals surface area contributed by atoms with Gasteiger partial charge in [-0.05, 0) is 16.7 Å². The molecular weight excluding hydrogens is 226 g/mol. The molecule has 3 nitrogen and oxygen atoms in total. The van der Waals surface area contributed by atoms with E-state index in [1.54, 1.807) is 0 Å². The van der Waals surface area contributed by atoms with Crippen LogP contribution in [0.2, 0.25) is 0 Å². The minimum Gasteiger partial charge on any atom is -0.346 e. The molecule has 0 bridgehead atoms. The Balaban J connectivity index is 2.06. The van der Waals surface area contributed by atoms with Gasteiger partial charge in [0, 0.05) is 6.54 Å². The normalized spacial score (nSPS) is 9.78. The predicted molar refractivity (Wildman–Crippen MR) is 69.8 cm³/mol. The number of nitrogens with one attached hydrogen (secondary N) is 1. The van der Waals surface area contributed by atoms with Crippen molar-refractivity contribution in [3.63, 3.8) is 0 Å². The summed E-state index contributed by atoms with van der Waals surface area (Å²) in [7, 11) is 0. The second-order valence-corrected chi connectivity index (χ2v) is 3.90. The highest BCUT2D eigenvalue weighted by Crippen LogP contribution is 2.18. The Morgan fingerprint density at radius 1 is 0.944 bits per heavy atom. The second kappa shape index (κ2) is 5.77. The zero-order valence-electron chi connectivity index (χ0n) is 9.80. The van der Waals surface area contributed by atoms with Gasteiger partial charge in [-0.3, -0.25) is 9.59 Å². The summed E-state index contributed by atoms with van der Waals surface area (Å²) >= 11 is 0. The van der Waals surface area contributed by atoms with E-state index in [1.807, 2.05) is 54.6 Å². The average Bonchev–Trinajstić information content (AvgIpc) is 2.46. The Hall–Kier alpha value is -2.42. The molecule has 0 aliphatic heterocycles. The monoisotopic (exact) mass is 239 g/mol. The number of rotatable bonds is 4. The van der Waals surface area contributed by atoms with Crippen LogP contribution in [0.15, 0.2) is 54.6 Å². The summed E-state index contributed by atoms with van der Waals surface area (Å²) in [6.45, 7) is 0.368. The Labute approximate surface area is 105 Å². The maximum Gasteiger partial charge on any atom is 0.284 e. The Bertz CT molecular complexity index is 532. The molecule has 18 heavy (non-hydrogen) atoms. The molecule has 0 unspecified atom stereocenters. The van der Waals surface area contributed by atoms with Crippen LogP contribution in [0.3, 0.4) is 0 Å². The number of hydrogen-bond acceptors (Lipinski definition) is 2. The van der Waals surface area contributed by atoms with Crippen LogP contribution in [-0.2, 0) is 16.1 Å². The standard InChI is InChI=1S/C15H13NO2/c17-11-15(18)16-10-12-6-8-14(9-7-12)13-4-2-1-3-5-13/h1-9,11H,10H2,(H,16,18). The van der Waals surface area contributed by atoms with Crippen LogP contribution >= 0.6 is 0 Å². The third-order valence-corrected chi connectivity index (χ3v) is 2.63. The van der Waals surface area contributed by atoms with Gasteiger partial charge >= 0.3 is 0 Å². The fraction of sp³-hybridized carbons (Fsp3) is 0.0667. The van der Waals surface area contributed by atoms with Crippen molar-refractivity contribution in [2.75, 3.05) is 0 Å². The number of amides is 1. The molecule has 0 saturated heterocycles. The summed E-state index contributed by atoms with van der Waals surface area (Å²) in [6, 6.07) is 17.9. The van der Waals surface area contributed by atoms with Gasteiger partial charge in [0.1, 0.15) is 0 Å². The van der Waals surface area contributed by atoms with Crippen molar-refractivity contribution < 1.29 is 9.59 Å². The molecule has 2 rings (SSSR count). The molecule has 1 amide bonds. The topological polar surface area (TPSA) is 46.2 Å². The van der Waals surface area contributed by atoms with Gasteiger partial charge < -0.3 is 5.32 Å². The Kier molecular flexibility index (Phi) is 3.86. The lowest BCUT2D eigenvalue weighted by molar-refractivity contribution is -0.131. The molecule has 0 saturated carbocycles. The first-order valence-corrected chi connectivity index (χ1v) is 5.67. The minimum absolute atomic E-state index is 0.276. The Morgan fingerprint density at radius 2 is 1.56 bits per heavy atom. The fourth-order valence-corrected chi connectivity index (χ4v) is 1.68. The number of carbonyl (C=O) groups is 2. The first-order valence-electron chi connectivity index (χ1n) is 5.67. The minimum atomic E-state index is -0.595. The van der Waals surface area contributed by atoms with E-state index in [-0.39, 0.29) is 6.29 Å². The SMILES string of the molecule is O=CC(=O)NCc1ccc(-c2ccccc2)cc1. The molecule has 2 aromatic carbocycles. The van der Waals surface area contributed by atoms with E-state index >= 15 is 0 Å². The van der Waals surface area contributed by atoms with E-state index < -0.39 is 5.91 Å². The van der Waals surface area contributed by atoms with Gasteiger partial charge in [-0.2, -0.15) is 0 Å². The molecule has 0 aliphatic carbocycles. The van der Waals surface area contributed by atoms with E-state index in [0.29, 0.717) is 6.54 Å². The van der Waals surface area contributed by atoms with Crippen LogP contribution in [0.25, 0.3) is 11.1 Å². The molecule has 0 heterocycles. The van der Waals surface area contributed by atoms with Crippen LogP contribution in [0.5, 0.6) is 0 Å². The van der Waals surface area contributed by atoms with Crippen molar-refractivity contribution in [3.8, 4) is 11.1 Å². The Morgan fingerprint density at radius 3 is 2.17 bits per heavy atom. The molecule has 1 N–H and O–H groups in total. The van der Waals surface area contributed by atoms with Crippen molar-refractivity contribution in [2.45, 2.75) is 6.54 Å². The van der Waals surface area contributed by atoms with E-state index in [1.165, 1.54) is 0 Å². The van der Waals surface area contributed by atoms with Crippen molar-refractivity contribution in [1.82, 2.24) is 5.32 Å². The van der Waals surface area contributed by atoms with Gasteiger partial charge in [0.05, 0.1) is 0 Å². The van der Waals surface area contributed by atoms with Crippen LogP contribution < -0.4 is 5.32 Å². The van der Waals surface area contributed by atoms with E-state index in [2.05, 4.69) is 5.32 Å².